The molecular weight excluding hydrogens is 278 g/mol. The molecule has 0 aromatic carbocycles. The average molecular weight is 305 g/mol. The van der Waals surface area contributed by atoms with Gasteiger partial charge in [0.25, 0.3) is 5.91 Å². The van der Waals surface area contributed by atoms with E-state index in [-0.39, 0.29) is 11.9 Å². The van der Waals surface area contributed by atoms with Crippen LogP contribution in [0.25, 0.3) is 0 Å². The molecular formula is C17H27N3O2. The van der Waals surface area contributed by atoms with E-state index in [1.807, 2.05) is 12.1 Å². The lowest BCUT2D eigenvalue weighted by molar-refractivity contribution is 0.000320. The van der Waals surface area contributed by atoms with Crippen molar-refractivity contribution in [1.29, 1.82) is 0 Å². The van der Waals surface area contributed by atoms with Crippen molar-refractivity contribution in [2.24, 2.45) is 0 Å². The number of anilines is 1. The SMILES string of the molecule is CCN(CC)c1ccc(C(=O)N2CCCC2C(C)(C)O)cn1. The fourth-order valence-corrected chi connectivity index (χ4v) is 3.16. The zero-order chi connectivity index (χ0) is 16.3. The molecule has 1 aromatic rings. The van der Waals surface area contributed by atoms with E-state index in [1.165, 1.54) is 0 Å². The molecule has 0 saturated carbocycles. The van der Waals surface area contributed by atoms with Crippen molar-refractivity contribution in [3.63, 3.8) is 0 Å². The summed E-state index contributed by atoms with van der Waals surface area (Å²) in [4.78, 5) is 21.0. The molecule has 22 heavy (non-hydrogen) atoms. The van der Waals surface area contributed by atoms with Crippen LogP contribution in [-0.4, -0.2) is 52.2 Å². The standard InChI is InChI=1S/C17H27N3O2/c1-5-19(6-2)15-10-9-13(12-18-15)16(21)20-11-7-8-14(20)17(3,4)22/h9-10,12,14,22H,5-8,11H2,1-4H3. The molecule has 1 fully saturated rings. The number of carbonyl (C=O) groups is 1. The molecule has 0 aliphatic carbocycles. The van der Waals surface area contributed by atoms with E-state index in [0.717, 1.165) is 31.7 Å². The van der Waals surface area contributed by atoms with Crippen LogP contribution in [0.2, 0.25) is 0 Å². The third-order valence-corrected chi connectivity index (χ3v) is 4.41. The Kier molecular flexibility index (Phi) is 5.06. The predicted molar refractivity (Wildman–Crippen MR) is 88.2 cm³/mol. The molecule has 1 atom stereocenters. The summed E-state index contributed by atoms with van der Waals surface area (Å²) < 4.78 is 0. The average Bonchev–Trinajstić information content (AvgIpc) is 2.98. The van der Waals surface area contributed by atoms with Gasteiger partial charge in [-0.1, -0.05) is 0 Å². The van der Waals surface area contributed by atoms with Crippen LogP contribution in [0.4, 0.5) is 5.82 Å². The van der Waals surface area contributed by atoms with Gasteiger partial charge in [-0.05, 0) is 52.7 Å². The number of rotatable bonds is 5. The maximum absolute atomic E-state index is 12.7. The van der Waals surface area contributed by atoms with E-state index in [4.69, 9.17) is 0 Å². The third kappa shape index (κ3) is 3.40. The lowest BCUT2D eigenvalue weighted by Crippen LogP contribution is -2.48. The number of pyridine rings is 1. The Morgan fingerprint density at radius 2 is 2.09 bits per heavy atom. The molecule has 2 rings (SSSR count). The number of likely N-dealkylation sites (tertiary alicyclic amines) is 1. The molecule has 122 valence electrons. The minimum atomic E-state index is -0.874. The van der Waals surface area contributed by atoms with Crippen LogP contribution in [-0.2, 0) is 0 Å². The van der Waals surface area contributed by atoms with Gasteiger partial charge in [-0.25, -0.2) is 4.98 Å². The van der Waals surface area contributed by atoms with Gasteiger partial charge >= 0.3 is 0 Å². The number of hydrogen-bond acceptors (Lipinski definition) is 4. The van der Waals surface area contributed by atoms with Crippen molar-refractivity contribution in [1.82, 2.24) is 9.88 Å². The van der Waals surface area contributed by atoms with Gasteiger partial charge in [-0.3, -0.25) is 4.79 Å². The molecule has 0 bridgehead atoms. The summed E-state index contributed by atoms with van der Waals surface area (Å²) in [5, 5.41) is 10.2. The van der Waals surface area contributed by atoms with Crippen LogP contribution in [0.5, 0.6) is 0 Å². The second-order valence-corrected chi connectivity index (χ2v) is 6.39. The quantitative estimate of drug-likeness (QED) is 0.907. The molecule has 5 heteroatoms. The number of carbonyl (C=O) groups excluding carboxylic acids is 1. The lowest BCUT2D eigenvalue weighted by atomic mass is 9.96. The highest BCUT2D eigenvalue weighted by Gasteiger charge is 2.38. The monoisotopic (exact) mass is 305 g/mol. The summed E-state index contributed by atoms with van der Waals surface area (Å²) in [5.74, 6) is 0.852. The lowest BCUT2D eigenvalue weighted by Gasteiger charge is -2.33. The molecule has 0 spiro atoms. The number of aliphatic hydroxyl groups is 1. The molecule has 1 saturated heterocycles. The Labute approximate surface area is 132 Å². The van der Waals surface area contributed by atoms with E-state index < -0.39 is 5.60 Å². The number of amides is 1. The zero-order valence-corrected chi connectivity index (χ0v) is 14.0. The van der Waals surface area contributed by atoms with Crippen molar-refractivity contribution < 1.29 is 9.90 Å². The van der Waals surface area contributed by atoms with Crippen LogP contribution < -0.4 is 4.90 Å². The Morgan fingerprint density at radius 1 is 1.41 bits per heavy atom. The van der Waals surface area contributed by atoms with Crippen LogP contribution in [0.15, 0.2) is 18.3 Å². The molecule has 1 aliphatic rings. The second kappa shape index (κ2) is 6.65. The van der Waals surface area contributed by atoms with E-state index in [0.29, 0.717) is 12.1 Å². The number of nitrogens with zero attached hydrogens (tertiary/aromatic N) is 3. The highest BCUT2D eigenvalue weighted by atomic mass is 16.3. The fourth-order valence-electron chi connectivity index (χ4n) is 3.16. The minimum absolute atomic E-state index is 0.0387. The summed E-state index contributed by atoms with van der Waals surface area (Å²) in [5.41, 5.74) is -0.284. The first-order chi connectivity index (χ1) is 10.4. The zero-order valence-electron chi connectivity index (χ0n) is 14.0. The van der Waals surface area contributed by atoms with Crippen molar-refractivity contribution in [3.05, 3.63) is 23.9 Å². The van der Waals surface area contributed by atoms with Gasteiger partial charge in [-0.2, -0.15) is 0 Å². The maximum Gasteiger partial charge on any atom is 0.255 e. The first-order valence-corrected chi connectivity index (χ1v) is 8.12. The van der Waals surface area contributed by atoms with Crippen molar-refractivity contribution >= 4 is 11.7 Å². The third-order valence-electron chi connectivity index (χ3n) is 4.41. The molecule has 1 N–H and O–H groups in total. The maximum atomic E-state index is 12.7. The molecule has 1 aliphatic heterocycles. The van der Waals surface area contributed by atoms with Gasteiger partial charge in [0.05, 0.1) is 17.2 Å². The Bertz CT molecular complexity index is 504. The van der Waals surface area contributed by atoms with Crippen LogP contribution in [0.1, 0.15) is 50.9 Å². The van der Waals surface area contributed by atoms with Crippen LogP contribution in [0, 0.1) is 0 Å². The molecule has 1 aromatic heterocycles. The normalized spacial score (nSPS) is 18.6. The summed E-state index contributed by atoms with van der Waals surface area (Å²) >= 11 is 0. The van der Waals surface area contributed by atoms with Crippen molar-refractivity contribution in [2.45, 2.75) is 52.2 Å². The Hall–Kier alpha value is -1.62. The highest BCUT2D eigenvalue weighted by molar-refractivity contribution is 5.94. The van der Waals surface area contributed by atoms with Gasteiger partial charge in [0.2, 0.25) is 0 Å². The molecule has 1 amide bonds. The number of hydrogen-bond donors (Lipinski definition) is 1. The second-order valence-electron chi connectivity index (χ2n) is 6.39. The molecule has 5 nitrogen and oxygen atoms in total. The van der Waals surface area contributed by atoms with Crippen LogP contribution in [0.3, 0.4) is 0 Å². The van der Waals surface area contributed by atoms with E-state index in [1.54, 1.807) is 24.9 Å². The smallest absolute Gasteiger partial charge is 0.255 e. The van der Waals surface area contributed by atoms with Gasteiger partial charge in [-0.15, -0.1) is 0 Å². The summed E-state index contributed by atoms with van der Waals surface area (Å²) in [7, 11) is 0. The minimum Gasteiger partial charge on any atom is -0.388 e. The topological polar surface area (TPSA) is 56.7 Å². The first kappa shape index (κ1) is 16.7. The van der Waals surface area contributed by atoms with E-state index in [2.05, 4.69) is 23.7 Å². The first-order valence-electron chi connectivity index (χ1n) is 8.12. The van der Waals surface area contributed by atoms with Crippen molar-refractivity contribution in [2.75, 3.05) is 24.5 Å². The molecule has 0 radical (unpaired) electrons. The van der Waals surface area contributed by atoms with Crippen LogP contribution >= 0.6 is 0 Å². The summed E-state index contributed by atoms with van der Waals surface area (Å²) in [6.07, 6.45) is 3.43. The number of aromatic nitrogens is 1. The van der Waals surface area contributed by atoms with Crippen molar-refractivity contribution in [3.8, 4) is 0 Å². The van der Waals surface area contributed by atoms with Gasteiger partial charge in [0.1, 0.15) is 5.82 Å². The van der Waals surface area contributed by atoms with E-state index >= 15 is 0 Å². The highest BCUT2D eigenvalue weighted by Crippen LogP contribution is 2.28. The largest absolute Gasteiger partial charge is 0.388 e. The van der Waals surface area contributed by atoms with Gasteiger partial charge in [0.15, 0.2) is 0 Å². The molecule has 2 heterocycles. The molecule has 1 unspecified atom stereocenters. The van der Waals surface area contributed by atoms with Gasteiger partial charge in [0, 0.05) is 25.8 Å². The Morgan fingerprint density at radius 3 is 2.59 bits per heavy atom. The fraction of sp³-hybridized carbons (Fsp3) is 0.647. The predicted octanol–water partition coefficient (Wildman–Crippen LogP) is 2.30. The summed E-state index contributed by atoms with van der Waals surface area (Å²) in [6, 6.07) is 3.61. The Balaban J connectivity index is 2.16. The van der Waals surface area contributed by atoms with Gasteiger partial charge < -0.3 is 14.9 Å². The van der Waals surface area contributed by atoms with E-state index in [9.17, 15) is 9.90 Å². The summed E-state index contributed by atoms with van der Waals surface area (Å²) in [6.45, 7) is 10.2.